The number of fused-ring (bicyclic) bond motifs is 1. The van der Waals surface area contributed by atoms with E-state index in [1.54, 1.807) is 12.1 Å². The molecule has 2 heterocycles. The van der Waals surface area contributed by atoms with Gasteiger partial charge < -0.3 is 32.8 Å². The Balaban J connectivity index is 1.70. The highest BCUT2D eigenvalue weighted by Crippen LogP contribution is 2.32. The number of hydrogen-bond acceptors (Lipinski definition) is 12. The number of carbonyl (C=O) groups is 4. The standard InChI is InChI=1S/C29H28O12/c1-15(30)35-14-24-26(37-16(2)31)27(38-17(3)32)28(39-18(4)33)29(41-24)40-20-10-11-21-23(12-20)36-13-22(25(21)34)19-8-6-5-7-9-19/h5-13,24,26-29H,14H2,1-4H3/t24-,26+,27-,28-,29-/m0/s1. The average Bonchev–Trinajstić information content (AvgIpc) is 2.91. The maximum Gasteiger partial charge on any atom is 0.303 e. The molecule has 5 atom stereocenters. The lowest BCUT2D eigenvalue weighted by Crippen LogP contribution is -2.63. The molecule has 1 fully saturated rings. The number of ether oxygens (including phenoxy) is 6. The van der Waals surface area contributed by atoms with E-state index >= 15 is 0 Å². The van der Waals surface area contributed by atoms with E-state index in [2.05, 4.69) is 0 Å². The summed E-state index contributed by atoms with van der Waals surface area (Å²) in [5.74, 6) is -2.77. The molecular formula is C29H28O12. The summed E-state index contributed by atoms with van der Waals surface area (Å²) < 4.78 is 38.9. The summed E-state index contributed by atoms with van der Waals surface area (Å²) in [6.45, 7) is 4.16. The lowest BCUT2D eigenvalue weighted by molar-refractivity contribution is -0.288. The van der Waals surface area contributed by atoms with Crippen LogP contribution in [0.15, 0.2) is 64.0 Å². The fraction of sp³-hybridized carbons (Fsp3) is 0.345. The second-order valence-electron chi connectivity index (χ2n) is 9.19. The van der Waals surface area contributed by atoms with Crippen LogP contribution in [0.3, 0.4) is 0 Å². The Labute approximate surface area is 234 Å². The largest absolute Gasteiger partial charge is 0.463 e. The molecule has 1 aliphatic rings. The van der Waals surface area contributed by atoms with Crippen LogP contribution in [-0.2, 0) is 42.9 Å². The normalized spacial score (nSPS) is 21.9. The molecule has 41 heavy (non-hydrogen) atoms. The van der Waals surface area contributed by atoms with Crippen LogP contribution in [0.1, 0.15) is 27.7 Å². The highest BCUT2D eigenvalue weighted by atomic mass is 16.7. The van der Waals surface area contributed by atoms with Gasteiger partial charge in [-0.15, -0.1) is 0 Å². The van der Waals surface area contributed by atoms with Crippen LogP contribution < -0.4 is 10.2 Å². The summed E-state index contributed by atoms with van der Waals surface area (Å²) in [6.07, 6.45) is -5.35. The zero-order valence-corrected chi connectivity index (χ0v) is 22.7. The minimum atomic E-state index is -1.43. The van der Waals surface area contributed by atoms with Crippen molar-refractivity contribution in [3.05, 3.63) is 65.0 Å². The van der Waals surface area contributed by atoms with Crippen LogP contribution in [-0.4, -0.2) is 61.2 Å². The summed E-state index contributed by atoms with van der Waals surface area (Å²) in [7, 11) is 0. The molecule has 12 nitrogen and oxygen atoms in total. The number of hydrogen-bond donors (Lipinski definition) is 0. The van der Waals surface area contributed by atoms with E-state index in [4.69, 9.17) is 32.8 Å². The molecule has 0 aliphatic carbocycles. The van der Waals surface area contributed by atoms with Gasteiger partial charge in [0, 0.05) is 33.8 Å². The highest BCUT2D eigenvalue weighted by molar-refractivity contribution is 5.82. The SMILES string of the molecule is CC(=O)OC[C@@H]1O[C@H](Oc2ccc3c(=O)c(-c4ccccc4)coc3c2)[C@@H](OC(C)=O)[C@@H](OC(C)=O)[C@@H]1OC(C)=O. The summed E-state index contributed by atoms with van der Waals surface area (Å²) >= 11 is 0. The van der Waals surface area contributed by atoms with Gasteiger partial charge in [0.15, 0.2) is 17.6 Å². The topological polar surface area (TPSA) is 154 Å². The monoisotopic (exact) mass is 568 g/mol. The van der Waals surface area contributed by atoms with E-state index in [0.717, 1.165) is 20.8 Å². The van der Waals surface area contributed by atoms with Gasteiger partial charge in [-0.1, -0.05) is 30.3 Å². The van der Waals surface area contributed by atoms with E-state index in [-0.39, 0.29) is 16.8 Å². The van der Waals surface area contributed by atoms with Gasteiger partial charge in [-0.05, 0) is 17.7 Å². The number of esters is 4. The first-order chi connectivity index (χ1) is 19.5. The van der Waals surface area contributed by atoms with E-state index in [9.17, 15) is 24.0 Å². The Morgan fingerprint density at radius 3 is 2.05 bits per heavy atom. The Kier molecular flexibility index (Phi) is 9.03. The van der Waals surface area contributed by atoms with Crippen molar-refractivity contribution in [2.45, 2.75) is 58.4 Å². The maximum atomic E-state index is 13.1. The second kappa shape index (κ2) is 12.6. The number of benzene rings is 2. The molecule has 0 radical (unpaired) electrons. The van der Waals surface area contributed by atoms with Crippen LogP contribution in [0.25, 0.3) is 22.1 Å². The third-order valence-corrected chi connectivity index (χ3v) is 6.03. The van der Waals surface area contributed by atoms with Crippen molar-refractivity contribution in [3.63, 3.8) is 0 Å². The molecule has 216 valence electrons. The van der Waals surface area contributed by atoms with Gasteiger partial charge in [-0.3, -0.25) is 24.0 Å². The second-order valence-corrected chi connectivity index (χ2v) is 9.19. The minimum Gasteiger partial charge on any atom is -0.463 e. The van der Waals surface area contributed by atoms with Crippen molar-refractivity contribution in [3.8, 4) is 16.9 Å². The molecular weight excluding hydrogens is 540 g/mol. The minimum absolute atomic E-state index is 0.147. The average molecular weight is 569 g/mol. The highest BCUT2D eigenvalue weighted by Gasteiger charge is 2.53. The molecule has 0 unspecified atom stereocenters. The smallest absolute Gasteiger partial charge is 0.303 e. The molecule has 0 spiro atoms. The first kappa shape index (κ1) is 29.3. The van der Waals surface area contributed by atoms with Crippen molar-refractivity contribution >= 4 is 34.8 Å². The van der Waals surface area contributed by atoms with Crippen molar-refractivity contribution in [2.75, 3.05) is 6.61 Å². The van der Waals surface area contributed by atoms with Gasteiger partial charge in [0.25, 0.3) is 0 Å². The van der Waals surface area contributed by atoms with Gasteiger partial charge in [0.2, 0.25) is 12.4 Å². The Hall–Kier alpha value is -4.71. The molecule has 1 saturated heterocycles. The van der Waals surface area contributed by atoms with Crippen LogP contribution in [0.2, 0.25) is 0 Å². The van der Waals surface area contributed by atoms with Crippen LogP contribution in [0, 0.1) is 0 Å². The molecule has 1 aliphatic heterocycles. The van der Waals surface area contributed by atoms with Crippen LogP contribution in [0.5, 0.6) is 5.75 Å². The number of rotatable bonds is 8. The van der Waals surface area contributed by atoms with Crippen molar-refractivity contribution in [2.24, 2.45) is 0 Å². The molecule has 4 rings (SSSR count). The number of carbonyl (C=O) groups excluding carboxylic acids is 4. The molecule has 1 aromatic heterocycles. The summed E-state index contributed by atoms with van der Waals surface area (Å²) in [4.78, 5) is 60.6. The Bertz CT molecular complexity index is 1490. The van der Waals surface area contributed by atoms with Crippen molar-refractivity contribution in [1.29, 1.82) is 0 Å². The van der Waals surface area contributed by atoms with Crippen LogP contribution in [0.4, 0.5) is 0 Å². The summed E-state index contributed by atoms with van der Waals surface area (Å²) in [6, 6.07) is 13.5. The van der Waals surface area contributed by atoms with E-state index in [0.29, 0.717) is 16.5 Å². The molecule has 0 bridgehead atoms. The molecule has 0 saturated carbocycles. The predicted octanol–water partition coefficient (Wildman–Crippen LogP) is 2.92. The summed E-state index contributed by atoms with van der Waals surface area (Å²) in [5.41, 5.74) is 1.03. The lowest BCUT2D eigenvalue weighted by atomic mass is 9.98. The lowest BCUT2D eigenvalue weighted by Gasteiger charge is -2.43. The van der Waals surface area contributed by atoms with Crippen molar-refractivity contribution in [1.82, 2.24) is 0 Å². The molecule has 2 aromatic carbocycles. The Morgan fingerprint density at radius 1 is 0.780 bits per heavy atom. The first-order valence-electron chi connectivity index (χ1n) is 12.6. The van der Waals surface area contributed by atoms with Gasteiger partial charge in [-0.25, -0.2) is 0 Å². The fourth-order valence-electron chi connectivity index (χ4n) is 4.42. The quantitative estimate of drug-likeness (QED) is 0.290. The zero-order valence-electron chi connectivity index (χ0n) is 22.7. The van der Waals surface area contributed by atoms with E-state index in [1.165, 1.54) is 31.4 Å². The van der Waals surface area contributed by atoms with Gasteiger partial charge in [0.05, 0.1) is 10.9 Å². The molecule has 0 amide bonds. The van der Waals surface area contributed by atoms with Gasteiger partial charge in [0.1, 0.15) is 30.3 Å². The van der Waals surface area contributed by atoms with E-state index < -0.39 is 61.2 Å². The third-order valence-electron chi connectivity index (χ3n) is 6.03. The molecule has 0 N–H and O–H groups in total. The molecule has 3 aromatic rings. The predicted molar refractivity (Wildman–Crippen MR) is 141 cm³/mol. The van der Waals surface area contributed by atoms with Gasteiger partial charge in [-0.2, -0.15) is 0 Å². The van der Waals surface area contributed by atoms with Gasteiger partial charge >= 0.3 is 23.9 Å². The molecule has 12 heteroatoms. The third kappa shape index (κ3) is 7.09. The fourth-order valence-corrected chi connectivity index (χ4v) is 4.42. The van der Waals surface area contributed by atoms with E-state index in [1.807, 2.05) is 18.2 Å². The zero-order chi connectivity index (χ0) is 29.7. The van der Waals surface area contributed by atoms with Crippen LogP contribution >= 0.6 is 0 Å². The first-order valence-corrected chi connectivity index (χ1v) is 12.6. The maximum absolute atomic E-state index is 13.1. The Morgan fingerprint density at radius 2 is 1.41 bits per heavy atom. The summed E-state index contributed by atoms with van der Waals surface area (Å²) in [5, 5.41) is 0.292. The van der Waals surface area contributed by atoms with Crippen molar-refractivity contribution < 1.29 is 52.0 Å².